The molecule has 0 aliphatic carbocycles. The Kier molecular flexibility index (Phi) is 5.52. The van der Waals surface area contributed by atoms with Crippen molar-refractivity contribution < 1.29 is 9.22 Å². The van der Waals surface area contributed by atoms with E-state index in [9.17, 15) is 0 Å². The third kappa shape index (κ3) is 4.86. The van der Waals surface area contributed by atoms with Crippen molar-refractivity contribution in [3.63, 3.8) is 0 Å². The number of quaternary nitrogens is 1. The number of rotatable bonds is 3. The van der Waals surface area contributed by atoms with Crippen LogP contribution in [0.2, 0.25) is 0 Å². The van der Waals surface area contributed by atoms with Crippen LogP contribution in [0.15, 0.2) is 24.3 Å². The fraction of sp³-hybridized carbons (Fsp3) is 0.455. The molecule has 1 aromatic rings. The van der Waals surface area contributed by atoms with E-state index in [0.29, 0.717) is 0 Å². The molecule has 0 bridgehead atoms. The van der Waals surface area contributed by atoms with Gasteiger partial charge in [0.05, 0.1) is 28.3 Å². The molecule has 0 saturated carbocycles. The number of nitrogens with zero attached hydrogens (tertiary/aromatic N) is 1. The van der Waals surface area contributed by atoms with E-state index in [1.807, 2.05) is 12.1 Å². The molecule has 0 amide bonds. The first kappa shape index (κ1) is 13.8. The van der Waals surface area contributed by atoms with E-state index in [4.69, 9.17) is 4.74 Å². The van der Waals surface area contributed by atoms with Crippen LogP contribution in [0.25, 0.3) is 0 Å². The van der Waals surface area contributed by atoms with Gasteiger partial charge in [-0.1, -0.05) is 0 Å². The van der Waals surface area contributed by atoms with E-state index < -0.39 is 0 Å². The molecular weight excluding hydrogens is 281 g/mol. The number of hydrogen-bond acceptors (Lipinski definition) is 1. The van der Waals surface area contributed by atoms with Crippen LogP contribution in [0, 0.1) is 0 Å². The molecule has 0 unspecified atom stereocenters. The summed E-state index contributed by atoms with van der Waals surface area (Å²) in [5, 5.41) is 0. The van der Waals surface area contributed by atoms with Gasteiger partial charge < -0.3 is 9.22 Å². The predicted molar refractivity (Wildman–Crippen MR) is 66.1 cm³/mol. The first-order valence-corrected chi connectivity index (χ1v) is 4.45. The summed E-state index contributed by atoms with van der Waals surface area (Å²) < 4.78 is 6.04. The van der Waals surface area contributed by atoms with Crippen LogP contribution < -0.4 is 4.74 Å². The summed E-state index contributed by atoms with van der Waals surface area (Å²) in [5.41, 5.74) is 1.34. The van der Waals surface area contributed by atoms with Crippen molar-refractivity contribution >= 4 is 23.9 Å². The van der Waals surface area contributed by atoms with E-state index in [1.54, 1.807) is 7.11 Å². The third-order valence-corrected chi connectivity index (χ3v) is 1.82. The van der Waals surface area contributed by atoms with Gasteiger partial charge in [0, 0.05) is 5.56 Å². The number of ether oxygens (including phenoxy) is 1. The Morgan fingerprint density at radius 3 is 1.93 bits per heavy atom. The average Bonchev–Trinajstić information content (AvgIpc) is 2.03. The van der Waals surface area contributed by atoms with Crippen LogP contribution in [0.5, 0.6) is 5.75 Å². The Bertz CT molecular complexity index is 264. The van der Waals surface area contributed by atoms with Gasteiger partial charge in [0.1, 0.15) is 12.3 Å². The molecule has 0 atom stereocenters. The van der Waals surface area contributed by atoms with E-state index in [-0.39, 0.29) is 23.9 Å². The predicted octanol–water partition coefficient (Wildman–Crippen LogP) is 0.450. The summed E-state index contributed by atoms with van der Waals surface area (Å²) >= 11 is 0. The molecule has 0 aromatic heterocycles. The normalized spacial score (nSPS) is 10.6. The molecular formula is C11H22NOSn+. The molecule has 80 valence electrons. The molecule has 0 N–H and O–H groups in total. The first-order valence-electron chi connectivity index (χ1n) is 4.45. The van der Waals surface area contributed by atoms with Crippen molar-refractivity contribution in [3.05, 3.63) is 29.8 Å². The summed E-state index contributed by atoms with van der Waals surface area (Å²) in [4.78, 5) is 0. The Balaban J connectivity index is 0.00000169. The summed E-state index contributed by atoms with van der Waals surface area (Å²) in [5.74, 6) is 0.921. The van der Waals surface area contributed by atoms with Crippen molar-refractivity contribution in [3.8, 4) is 5.75 Å². The zero-order chi connectivity index (χ0) is 9.90. The average molecular weight is 303 g/mol. The maximum atomic E-state index is 5.09. The van der Waals surface area contributed by atoms with E-state index in [1.165, 1.54) is 5.56 Å². The van der Waals surface area contributed by atoms with Crippen LogP contribution in [0.4, 0.5) is 0 Å². The van der Waals surface area contributed by atoms with E-state index >= 15 is 0 Å². The van der Waals surface area contributed by atoms with Gasteiger partial charge in [-0.25, -0.2) is 0 Å². The van der Waals surface area contributed by atoms with Crippen molar-refractivity contribution in [2.24, 2.45) is 0 Å². The summed E-state index contributed by atoms with van der Waals surface area (Å²) in [6, 6.07) is 8.24. The molecule has 3 heteroatoms. The molecule has 0 aliphatic heterocycles. The standard InChI is InChI=1S/C11H18NO.Sn.4H/c1-12(2,3)9-10-5-7-11(13-4)8-6-10;;;;;/h5-8H,9H2,1-4H3;;;;;/q+1;;;;;. The molecule has 0 spiro atoms. The topological polar surface area (TPSA) is 9.23 Å². The van der Waals surface area contributed by atoms with Gasteiger partial charge in [0.2, 0.25) is 0 Å². The summed E-state index contributed by atoms with van der Waals surface area (Å²) in [7, 11) is 8.24. The monoisotopic (exact) mass is 304 g/mol. The van der Waals surface area contributed by atoms with Gasteiger partial charge >= 0.3 is 23.9 Å². The number of hydrogen-bond donors (Lipinski definition) is 0. The Hall–Kier alpha value is -0.221. The van der Waals surface area contributed by atoms with Gasteiger partial charge in [0.25, 0.3) is 0 Å². The van der Waals surface area contributed by atoms with Crippen molar-refractivity contribution in [1.29, 1.82) is 0 Å². The SMILES string of the molecule is COc1ccc(C[N+](C)(C)C)cc1.[SnH4]. The molecule has 0 saturated heterocycles. The van der Waals surface area contributed by atoms with Crippen molar-refractivity contribution in [2.75, 3.05) is 28.3 Å². The minimum absolute atomic E-state index is 0. The molecule has 0 radical (unpaired) electrons. The van der Waals surface area contributed by atoms with Crippen LogP contribution in [0.3, 0.4) is 0 Å². The van der Waals surface area contributed by atoms with Crippen molar-refractivity contribution in [2.45, 2.75) is 6.54 Å². The maximum absolute atomic E-state index is 5.09. The van der Waals surface area contributed by atoms with Gasteiger partial charge in [0.15, 0.2) is 0 Å². The zero-order valence-electron chi connectivity index (χ0n) is 8.87. The van der Waals surface area contributed by atoms with Gasteiger partial charge in [-0.05, 0) is 24.3 Å². The minimum atomic E-state index is 0. The fourth-order valence-corrected chi connectivity index (χ4v) is 1.28. The van der Waals surface area contributed by atoms with Crippen molar-refractivity contribution in [1.82, 2.24) is 0 Å². The molecule has 0 fully saturated rings. The van der Waals surface area contributed by atoms with Crippen LogP contribution >= 0.6 is 0 Å². The Labute approximate surface area is 103 Å². The second kappa shape index (κ2) is 5.61. The van der Waals surface area contributed by atoms with E-state index in [0.717, 1.165) is 16.8 Å². The molecule has 1 rings (SSSR count). The molecule has 0 aliphatic rings. The third-order valence-electron chi connectivity index (χ3n) is 1.82. The van der Waals surface area contributed by atoms with Crippen LogP contribution in [-0.2, 0) is 6.54 Å². The Morgan fingerprint density at radius 1 is 1.07 bits per heavy atom. The molecule has 0 heterocycles. The molecule has 14 heavy (non-hydrogen) atoms. The van der Waals surface area contributed by atoms with Crippen LogP contribution in [0.1, 0.15) is 5.56 Å². The number of benzene rings is 1. The quantitative estimate of drug-likeness (QED) is 0.582. The second-order valence-corrected chi connectivity index (χ2v) is 4.30. The first-order chi connectivity index (χ1) is 6.01. The van der Waals surface area contributed by atoms with Gasteiger partial charge in [-0.15, -0.1) is 0 Å². The summed E-state index contributed by atoms with van der Waals surface area (Å²) in [6.07, 6.45) is 0. The Morgan fingerprint density at radius 2 is 1.57 bits per heavy atom. The van der Waals surface area contributed by atoms with E-state index in [2.05, 4.69) is 33.3 Å². The second-order valence-electron chi connectivity index (χ2n) is 4.30. The fourth-order valence-electron chi connectivity index (χ4n) is 1.28. The number of methoxy groups -OCH3 is 1. The molecule has 1 aromatic carbocycles. The zero-order valence-corrected chi connectivity index (χ0v) is 8.87. The summed E-state index contributed by atoms with van der Waals surface area (Å²) in [6.45, 7) is 1.05. The van der Waals surface area contributed by atoms with Gasteiger partial charge in [-0.3, -0.25) is 0 Å². The molecule has 2 nitrogen and oxygen atoms in total. The van der Waals surface area contributed by atoms with Gasteiger partial charge in [-0.2, -0.15) is 0 Å². The van der Waals surface area contributed by atoms with Crippen LogP contribution in [-0.4, -0.2) is 56.6 Å².